The van der Waals surface area contributed by atoms with Gasteiger partial charge in [-0.1, -0.05) is 27.7 Å². The molecule has 1 aliphatic rings. The lowest BCUT2D eigenvalue weighted by molar-refractivity contribution is -0.131. The normalized spacial score (nSPS) is 20.9. The molecular weight excluding hydrogens is 212 g/mol. The highest BCUT2D eigenvalue weighted by atomic mass is 16.2. The molecule has 1 saturated heterocycles. The van der Waals surface area contributed by atoms with Gasteiger partial charge < -0.3 is 10.6 Å². The van der Waals surface area contributed by atoms with Gasteiger partial charge in [0.05, 0.1) is 0 Å². The first kappa shape index (κ1) is 14.5. The SMILES string of the molecule is CCC1(CC)CCN(C(=O)CC(N)C(C)C)C1. The van der Waals surface area contributed by atoms with Gasteiger partial charge in [-0.3, -0.25) is 4.79 Å². The van der Waals surface area contributed by atoms with Crippen LogP contribution in [0.1, 0.15) is 53.4 Å². The molecule has 1 atom stereocenters. The van der Waals surface area contributed by atoms with Crippen molar-refractivity contribution in [2.75, 3.05) is 13.1 Å². The third-order valence-corrected chi connectivity index (χ3v) is 4.56. The summed E-state index contributed by atoms with van der Waals surface area (Å²) in [5.74, 6) is 0.624. The maximum absolute atomic E-state index is 12.1. The Kier molecular flexibility index (Phi) is 4.99. The molecule has 1 amide bonds. The Morgan fingerprint density at radius 3 is 2.35 bits per heavy atom. The molecule has 3 nitrogen and oxygen atoms in total. The molecule has 100 valence electrons. The Balaban J connectivity index is 2.51. The monoisotopic (exact) mass is 240 g/mol. The van der Waals surface area contributed by atoms with E-state index in [-0.39, 0.29) is 11.9 Å². The summed E-state index contributed by atoms with van der Waals surface area (Å²) < 4.78 is 0. The Hall–Kier alpha value is -0.570. The number of hydrogen-bond donors (Lipinski definition) is 1. The molecule has 0 radical (unpaired) electrons. The van der Waals surface area contributed by atoms with Crippen molar-refractivity contribution in [2.24, 2.45) is 17.1 Å². The van der Waals surface area contributed by atoms with Gasteiger partial charge in [-0.2, -0.15) is 0 Å². The van der Waals surface area contributed by atoms with E-state index in [2.05, 4.69) is 27.7 Å². The molecule has 17 heavy (non-hydrogen) atoms. The average molecular weight is 240 g/mol. The molecule has 1 fully saturated rings. The van der Waals surface area contributed by atoms with E-state index in [1.165, 1.54) is 12.8 Å². The van der Waals surface area contributed by atoms with Gasteiger partial charge in [-0.15, -0.1) is 0 Å². The molecule has 1 heterocycles. The van der Waals surface area contributed by atoms with E-state index in [1.807, 2.05) is 4.90 Å². The van der Waals surface area contributed by atoms with Crippen LogP contribution in [-0.2, 0) is 4.79 Å². The van der Waals surface area contributed by atoms with E-state index in [9.17, 15) is 4.79 Å². The standard InChI is InChI=1S/C14H28N2O/c1-5-14(6-2)7-8-16(10-14)13(17)9-12(15)11(3)4/h11-12H,5-10,15H2,1-4H3. The maximum Gasteiger partial charge on any atom is 0.224 e. The molecule has 0 aromatic rings. The second-order valence-corrected chi connectivity index (χ2v) is 5.88. The number of carbonyl (C=O) groups excluding carboxylic acids is 1. The first-order valence-corrected chi connectivity index (χ1v) is 6.97. The molecule has 1 aliphatic heterocycles. The van der Waals surface area contributed by atoms with Gasteiger partial charge in [-0.25, -0.2) is 0 Å². The third kappa shape index (κ3) is 3.44. The molecule has 0 bridgehead atoms. The summed E-state index contributed by atoms with van der Waals surface area (Å²) in [6.07, 6.45) is 4.00. The Bertz CT molecular complexity index is 259. The Labute approximate surface area is 106 Å². The average Bonchev–Trinajstić information content (AvgIpc) is 2.74. The van der Waals surface area contributed by atoms with Crippen LogP contribution in [0.3, 0.4) is 0 Å². The molecular formula is C14H28N2O. The van der Waals surface area contributed by atoms with Crippen LogP contribution in [-0.4, -0.2) is 29.9 Å². The number of carbonyl (C=O) groups is 1. The van der Waals surface area contributed by atoms with Crippen LogP contribution in [0.4, 0.5) is 0 Å². The summed E-state index contributed by atoms with van der Waals surface area (Å²) in [4.78, 5) is 14.1. The summed E-state index contributed by atoms with van der Waals surface area (Å²) in [7, 11) is 0. The summed E-state index contributed by atoms with van der Waals surface area (Å²) in [5, 5.41) is 0. The minimum absolute atomic E-state index is 0.000697. The Morgan fingerprint density at radius 2 is 1.94 bits per heavy atom. The van der Waals surface area contributed by atoms with E-state index in [0.29, 0.717) is 17.8 Å². The van der Waals surface area contributed by atoms with Crippen molar-refractivity contribution in [2.45, 2.75) is 59.4 Å². The quantitative estimate of drug-likeness (QED) is 0.802. The second kappa shape index (κ2) is 5.85. The van der Waals surface area contributed by atoms with Gasteiger partial charge >= 0.3 is 0 Å². The number of nitrogens with two attached hydrogens (primary N) is 1. The van der Waals surface area contributed by atoms with Gasteiger partial charge in [0.25, 0.3) is 0 Å². The van der Waals surface area contributed by atoms with Crippen LogP contribution in [0.2, 0.25) is 0 Å². The zero-order valence-corrected chi connectivity index (χ0v) is 11.8. The van der Waals surface area contributed by atoms with Crippen molar-refractivity contribution < 1.29 is 4.79 Å². The maximum atomic E-state index is 12.1. The lowest BCUT2D eigenvalue weighted by atomic mass is 9.82. The molecule has 0 spiro atoms. The molecule has 0 aliphatic carbocycles. The van der Waals surface area contributed by atoms with Crippen molar-refractivity contribution >= 4 is 5.91 Å². The number of amides is 1. The van der Waals surface area contributed by atoms with Gasteiger partial charge in [0.15, 0.2) is 0 Å². The van der Waals surface area contributed by atoms with Crippen molar-refractivity contribution in [1.82, 2.24) is 4.90 Å². The van der Waals surface area contributed by atoms with Gasteiger partial charge in [0.2, 0.25) is 5.91 Å². The molecule has 1 unspecified atom stereocenters. The zero-order chi connectivity index (χ0) is 13.1. The van der Waals surface area contributed by atoms with Crippen molar-refractivity contribution in [3.05, 3.63) is 0 Å². The van der Waals surface area contributed by atoms with E-state index in [1.54, 1.807) is 0 Å². The van der Waals surface area contributed by atoms with Gasteiger partial charge in [-0.05, 0) is 30.6 Å². The van der Waals surface area contributed by atoms with E-state index in [0.717, 1.165) is 19.5 Å². The first-order chi connectivity index (χ1) is 7.94. The van der Waals surface area contributed by atoms with Crippen molar-refractivity contribution in [1.29, 1.82) is 0 Å². The number of hydrogen-bond acceptors (Lipinski definition) is 2. The highest BCUT2D eigenvalue weighted by Crippen LogP contribution is 2.37. The van der Waals surface area contributed by atoms with E-state index in [4.69, 9.17) is 5.73 Å². The molecule has 2 N–H and O–H groups in total. The van der Waals surface area contributed by atoms with Crippen LogP contribution >= 0.6 is 0 Å². The van der Waals surface area contributed by atoms with E-state index >= 15 is 0 Å². The predicted octanol–water partition coefficient (Wildman–Crippen LogP) is 2.40. The van der Waals surface area contributed by atoms with Crippen LogP contribution in [0.5, 0.6) is 0 Å². The smallest absolute Gasteiger partial charge is 0.224 e. The first-order valence-electron chi connectivity index (χ1n) is 6.97. The fraction of sp³-hybridized carbons (Fsp3) is 0.929. The highest BCUT2D eigenvalue weighted by Gasteiger charge is 2.37. The van der Waals surface area contributed by atoms with Crippen LogP contribution < -0.4 is 5.73 Å². The molecule has 0 aromatic carbocycles. The molecule has 0 aromatic heterocycles. The topological polar surface area (TPSA) is 46.3 Å². The molecule has 0 saturated carbocycles. The van der Waals surface area contributed by atoms with Crippen molar-refractivity contribution in [3.63, 3.8) is 0 Å². The van der Waals surface area contributed by atoms with Crippen LogP contribution in [0.25, 0.3) is 0 Å². The summed E-state index contributed by atoms with van der Waals surface area (Å²) in [6, 6.07) is 0.000697. The lowest BCUT2D eigenvalue weighted by Crippen LogP contribution is -2.37. The van der Waals surface area contributed by atoms with Crippen molar-refractivity contribution in [3.8, 4) is 0 Å². The summed E-state index contributed by atoms with van der Waals surface area (Å²) in [6.45, 7) is 10.5. The zero-order valence-electron chi connectivity index (χ0n) is 11.8. The van der Waals surface area contributed by atoms with Crippen LogP contribution in [0, 0.1) is 11.3 Å². The largest absolute Gasteiger partial charge is 0.342 e. The second-order valence-electron chi connectivity index (χ2n) is 5.88. The Morgan fingerprint density at radius 1 is 1.35 bits per heavy atom. The fourth-order valence-corrected chi connectivity index (χ4v) is 2.54. The third-order valence-electron chi connectivity index (χ3n) is 4.56. The lowest BCUT2D eigenvalue weighted by Gasteiger charge is -2.27. The number of likely N-dealkylation sites (tertiary alicyclic amines) is 1. The van der Waals surface area contributed by atoms with E-state index < -0.39 is 0 Å². The van der Waals surface area contributed by atoms with Gasteiger partial charge in [0, 0.05) is 25.6 Å². The number of rotatable bonds is 5. The number of nitrogens with zero attached hydrogens (tertiary/aromatic N) is 1. The summed E-state index contributed by atoms with van der Waals surface area (Å²) in [5.41, 5.74) is 6.34. The fourth-order valence-electron chi connectivity index (χ4n) is 2.54. The molecule has 1 rings (SSSR count). The summed E-state index contributed by atoms with van der Waals surface area (Å²) >= 11 is 0. The van der Waals surface area contributed by atoms with Crippen LogP contribution in [0.15, 0.2) is 0 Å². The van der Waals surface area contributed by atoms with Gasteiger partial charge in [0.1, 0.15) is 0 Å². The minimum Gasteiger partial charge on any atom is -0.342 e. The highest BCUT2D eigenvalue weighted by molar-refractivity contribution is 5.77. The predicted molar refractivity (Wildman–Crippen MR) is 71.6 cm³/mol. The minimum atomic E-state index is 0.000697. The molecule has 3 heteroatoms.